The molecule has 0 saturated carbocycles. The van der Waals surface area contributed by atoms with Crippen LogP contribution in [0.2, 0.25) is 5.02 Å². The number of rotatable bonds is 3. The van der Waals surface area contributed by atoms with Crippen molar-refractivity contribution in [1.82, 2.24) is 0 Å². The predicted molar refractivity (Wildman–Crippen MR) is 75.9 cm³/mol. The average molecular weight is 294 g/mol. The second kappa shape index (κ2) is 5.21. The molecule has 104 valence electrons. The van der Waals surface area contributed by atoms with E-state index >= 15 is 0 Å². The molecule has 2 aromatic rings. The van der Waals surface area contributed by atoms with E-state index in [4.69, 9.17) is 26.8 Å². The lowest BCUT2D eigenvalue weighted by Gasteiger charge is -2.13. The van der Waals surface area contributed by atoms with Gasteiger partial charge < -0.3 is 15.2 Å². The SMILES string of the molecule is Nc1cc(Cl)ccc1OCC1Cc2cc(F)ccc2O1. The average Bonchev–Trinajstić information content (AvgIpc) is 2.79. The molecule has 0 spiro atoms. The molecule has 1 heterocycles. The number of benzene rings is 2. The highest BCUT2D eigenvalue weighted by Gasteiger charge is 2.24. The lowest BCUT2D eigenvalue weighted by molar-refractivity contribution is 0.149. The van der Waals surface area contributed by atoms with Crippen LogP contribution in [0.25, 0.3) is 0 Å². The summed E-state index contributed by atoms with van der Waals surface area (Å²) in [5, 5.41) is 0.565. The van der Waals surface area contributed by atoms with Crippen molar-refractivity contribution in [3.63, 3.8) is 0 Å². The molecular weight excluding hydrogens is 281 g/mol. The van der Waals surface area contributed by atoms with E-state index in [-0.39, 0.29) is 11.9 Å². The Labute approximate surface area is 121 Å². The molecule has 20 heavy (non-hydrogen) atoms. The Morgan fingerprint density at radius 3 is 2.95 bits per heavy atom. The van der Waals surface area contributed by atoms with Crippen molar-refractivity contribution in [1.29, 1.82) is 0 Å². The molecule has 1 atom stereocenters. The van der Waals surface area contributed by atoms with E-state index < -0.39 is 0 Å². The summed E-state index contributed by atoms with van der Waals surface area (Å²) in [4.78, 5) is 0. The van der Waals surface area contributed by atoms with Crippen molar-refractivity contribution in [2.45, 2.75) is 12.5 Å². The first-order chi connectivity index (χ1) is 9.61. The van der Waals surface area contributed by atoms with E-state index in [2.05, 4.69) is 0 Å². The van der Waals surface area contributed by atoms with Crippen LogP contribution >= 0.6 is 11.6 Å². The standard InChI is InChI=1S/C15H13ClFNO2/c16-10-1-3-15(13(18)7-10)19-8-12-6-9-5-11(17)2-4-14(9)20-12/h1-5,7,12H,6,8,18H2. The smallest absolute Gasteiger partial charge is 0.142 e. The minimum Gasteiger partial charge on any atom is -0.488 e. The van der Waals surface area contributed by atoms with Gasteiger partial charge in [0.2, 0.25) is 0 Å². The molecule has 1 aliphatic rings. The van der Waals surface area contributed by atoms with E-state index in [0.29, 0.717) is 35.2 Å². The molecule has 0 amide bonds. The van der Waals surface area contributed by atoms with Crippen LogP contribution in [0.1, 0.15) is 5.56 Å². The highest BCUT2D eigenvalue weighted by Crippen LogP contribution is 2.30. The molecule has 3 rings (SSSR count). The second-order valence-corrected chi connectivity index (χ2v) is 5.13. The van der Waals surface area contributed by atoms with Crippen LogP contribution in [0, 0.1) is 5.82 Å². The Hall–Kier alpha value is -1.94. The molecule has 1 aliphatic heterocycles. The Morgan fingerprint density at radius 1 is 1.30 bits per heavy atom. The van der Waals surface area contributed by atoms with Crippen LogP contribution in [0.4, 0.5) is 10.1 Å². The van der Waals surface area contributed by atoms with Gasteiger partial charge in [0, 0.05) is 17.0 Å². The Balaban J connectivity index is 1.63. The van der Waals surface area contributed by atoms with Gasteiger partial charge in [-0.2, -0.15) is 0 Å². The molecule has 5 heteroatoms. The van der Waals surface area contributed by atoms with E-state index in [1.807, 2.05) is 0 Å². The zero-order chi connectivity index (χ0) is 14.1. The monoisotopic (exact) mass is 293 g/mol. The largest absolute Gasteiger partial charge is 0.488 e. The van der Waals surface area contributed by atoms with Crippen molar-refractivity contribution in [3.05, 3.63) is 52.8 Å². The Bertz CT molecular complexity index is 648. The summed E-state index contributed by atoms with van der Waals surface area (Å²) >= 11 is 5.82. The summed E-state index contributed by atoms with van der Waals surface area (Å²) in [7, 11) is 0. The summed E-state index contributed by atoms with van der Waals surface area (Å²) in [6.07, 6.45) is 0.488. The van der Waals surface area contributed by atoms with Crippen LogP contribution in [0.5, 0.6) is 11.5 Å². The topological polar surface area (TPSA) is 44.5 Å². The zero-order valence-electron chi connectivity index (χ0n) is 10.6. The van der Waals surface area contributed by atoms with Crippen molar-refractivity contribution >= 4 is 17.3 Å². The van der Waals surface area contributed by atoms with Gasteiger partial charge in [-0.25, -0.2) is 4.39 Å². The summed E-state index contributed by atoms with van der Waals surface area (Å²) in [6, 6.07) is 9.59. The molecule has 0 aromatic heterocycles. The van der Waals surface area contributed by atoms with Crippen LogP contribution in [-0.2, 0) is 6.42 Å². The van der Waals surface area contributed by atoms with Crippen LogP contribution in [-0.4, -0.2) is 12.7 Å². The zero-order valence-corrected chi connectivity index (χ0v) is 11.4. The number of anilines is 1. The van der Waals surface area contributed by atoms with Crippen molar-refractivity contribution in [2.75, 3.05) is 12.3 Å². The number of nitrogens with two attached hydrogens (primary N) is 1. The fourth-order valence-electron chi connectivity index (χ4n) is 2.22. The molecule has 0 fully saturated rings. The molecule has 3 nitrogen and oxygen atoms in total. The van der Waals surface area contributed by atoms with Gasteiger partial charge in [0.05, 0.1) is 5.69 Å². The van der Waals surface area contributed by atoms with Gasteiger partial charge in [0.1, 0.15) is 30.0 Å². The van der Waals surface area contributed by atoms with Gasteiger partial charge >= 0.3 is 0 Å². The van der Waals surface area contributed by atoms with Gasteiger partial charge in [-0.15, -0.1) is 0 Å². The first kappa shape index (κ1) is 13.1. The second-order valence-electron chi connectivity index (χ2n) is 4.69. The van der Waals surface area contributed by atoms with Crippen LogP contribution < -0.4 is 15.2 Å². The van der Waals surface area contributed by atoms with E-state index in [1.165, 1.54) is 12.1 Å². The molecular formula is C15H13ClFNO2. The number of ether oxygens (including phenoxy) is 2. The predicted octanol–water partition coefficient (Wildman–Crippen LogP) is 3.44. The van der Waals surface area contributed by atoms with Crippen LogP contribution in [0.15, 0.2) is 36.4 Å². The van der Waals surface area contributed by atoms with Gasteiger partial charge in [-0.05, 0) is 36.4 Å². The fourth-order valence-corrected chi connectivity index (χ4v) is 2.40. The lowest BCUT2D eigenvalue weighted by Crippen LogP contribution is -2.22. The van der Waals surface area contributed by atoms with Gasteiger partial charge in [-0.1, -0.05) is 11.6 Å². The molecule has 2 aromatic carbocycles. The first-order valence-electron chi connectivity index (χ1n) is 6.25. The molecule has 0 aliphatic carbocycles. The van der Waals surface area contributed by atoms with E-state index in [0.717, 1.165) is 5.56 Å². The van der Waals surface area contributed by atoms with Gasteiger partial charge in [0.25, 0.3) is 0 Å². The highest BCUT2D eigenvalue weighted by atomic mass is 35.5. The lowest BCUT2D eigenvalue weighted by atomic mass is 10.1. The van der Waals surface area contributed by atoms with E-state index in [1.54, 1.807) is 24.3 Å². The van der Waals surface area contributed by atoms with Gasteiger partial charge in [0.15, 0.2) is 0 Å². The molecule has 2 N–H and O–H groups in total. The Kier molecular flexibility index (Phi) is 3.40. The highest BCUT2D eigenvalue weighted by molar-refractivity contribution is 6.30. The third-order valence-corrected chi connectivity index (χ3v) is 3.40. The van der Waals surface area contributed by atoms with Crippen LogP contribution in [0.3, 0.4) is 0 Å². The normalized spacial score (nSPS) is 16.6. The number of nitrogen functional groups attached to an aromatic ring is 1. The molecule has 0 radical (unpaired) electrons. The van der Waals surface area contributed by atoms with Crippen molar-refractivity contribution in [2.24, 2.45) is 0 Å². The van der Waals surface area contributed by atoms with Crippen molar-refractivity contribution < 1.29 is 13.9 Å². The summed E-state index contributed by atoms with van der Waals surface area (Å²) in [6.45, 7) is 0.349. The minimum atomic E-state index is -0.254. The third-order valence-electron chi connectivity index (χ3n) is 3.16. The molecule has 0 bridgehead atoms. The van der Waals surface area contributed by atoms with E-state index in [9.17, 15) is 4.39 Å². The number of fused-ring (bicyclic) bond motifs is 1. The quantitative estimate of drug-likeness (QED) is 0.882. The molecule has 0 saturated heterocycles. The number of hydrogen-bond donors (Lipinski definition) is 1. The third kappa shape index (κ3) is 2.65. The summed E-state index contributed by atoms with van der Waals surface area (Å²) in [5.41, 5.74) is 7.16. The van der Waals surface area contributed by atoms with Crippen molar-refractivity contribution in [3.8, 4) is 11.5 Å². The number of halogens is 2. The fraction of sp³-hybridized carbons (Fsp3) is 0.200. The number of hydrogen-bond acceptors (Lipinski definition) is 3. The minimum absolute atomic E-state index is 0.137. The maximum atomic E-state index is 13.1. The van der Waals surface area contributed by atoms with Gasteiger partial charge in [-0.3, -0.25) is 0 Å². The molecule has 1 unspecified atom stereocenters. The first-order valence-corrected chi connectivity index (χ1v) is 6.62. The maximum Gasteiger partial charge on any atom is 0.142 e. The Morgan fingerprint density at radius 2 is 2.15 bits per heavy atom. The maximum absolute atomic E-state index is 13.1. The summed E-state index contributed by atoms with van der Waals surface area (Å²) in [5.74, 6) is 1.03. The summed E-state index contributed by atoms with van der Waals surface area (Å²) < 4.78 is 24.4.